The van der Waals surface area contributed by atoms with Gasteiger partial charge in [0, 0.05) is 22.8 Å². The Hall–Kier alpha value is -2.05. The molecule has 0 aliphatic heterocycles. The molecule has 3 N–H and O–H groups in total. The van der Waals surface area contributed by atoms with E-state index in [0.29, 0.717) is 5.02 Å². The molecule has 0 unspecified atom stereocenters. The van der Waals surface area contributed by atoms with Gasteiger partial charge in [0.25, 0.3) is 0 Å². The number of aryl methyl sites for hydroxylation is 1. The van der Waals surface area contributed by atoms with Gasteiger partial charge in [0.15, 0.2) is 0 Å². The quantitative estimate of drug-likeness (QED) is 0.683. The number of aliphatic hydroxyl groups excluding tert-OH is 1. The van der Waals surface area contributed by atoms with Crippen LogP contribution in [0.15, 0.2) is 36.4 Å². The summed E-state index contributed by atoms with van der Waals surface area (Å²) in [6, 6.07) is 8.30. The summed E-state index contributed by atoms with van der Waals surface area (Å²) in [7, 11) is 0. The van der Waals surface area contributed by atoms with Crippen molar-refractivity contribution in [2.24, 2.45) is 0 Å². The summed E-state index contributed by atoms with van der Waals surface area (Å²) in [5, 5.41) is 20.3. The van der Waals surface area contributed by atoms with Crippen LogP contribution in [0, 0.1) is 12.3 Å². The molecule has 0 saturated carbocycles. The predicted molar refractivity (Wildman–Crippen MR) is 88.9 cm³/mol. The van der Waals surface area contributed by atoms with Crippen molar-refractivity contribution in [3.63, 3.8) is 0 Å². The van der Waals surface area contributed by atoms with E-state index < -0.39 is 18.3 Å². The van der Waals surface area contributed by atoms with E-state index in [4.69, 9.17) is 22.1 Å². The molecule has 2 aromatic carbocycles. The number of rotatable bonds is 5. The van der Waals surface area contributed by atoms with Crippen LogP contribution >= 0.6 is 11.6 Å². The molecular formula is C17H16ClF3N2O. The summed E-state index contributed by atoms with van der Waals surface area (Å²) >= 11 is 5.89. The maximum atomic E-state index is 12.9. The Labute approximate surface area is 142 Å². The summed E-state index contributed by atoms with van der Waals surface area (Å²) in [5.74, 6) is 0. The SMILES string of the molecule is Cc1cc(Cl)ccc1CNc1cc(C(F)(F)F)ccc1C(=N)CO. The highest BCUT2D eigenvalue weighted by atomic mass is 35.5. The van der Waals surface area contributed by atoms with Crippen LogP contribution in [0.25, 0.3) is 0 Å². The molecule has 0 heterocycles. The zero-order chi connectivity index (χ0) is 17.9. The largest absolute Gasteiger partial charge is 0.416 e. The number of alkyl halides is 3. The lowest BCUT2D eigenvalue weighted by atomic mass is 10.0. The molecule has 0 amide bonds. The van der Waals surface area contributed by atoms with Gasteiger partial charge < -0.3 is 15.8 Å². The first-order valence-electron chi connectivity index (χ1n) is 7.11. The minimum absolute atomic E-state index is 0.151. The molecule has 0 bridgehead atoms. The van der Waals surface area contributed by atoms with Gasteiger partial charge in [-0.05, 0) is 42.3 Å². The predicted octanol–water partition coefficient (Wildman–Crippen LogP) is 4.64. The Morgan fingerprint density at radius 2 is 1.92 bits per heavy atom. The number of hydrogen-bond donors (Lipinski definition) is 3. The first-order valence-corrected chi connectivity index (χ1v) is 7.49. The molecule has 0 atom stereocenters. The van der Waals surface area contributed by atoms with Crippen LogP contribution < -0.4 is 5.32 Å². The zero-order valence-electron chi connectivity index (χ0n) is 12.8. The van der Waals surface area contributed by atoms with Crippen molar-refractivity contribution in [1.82, 2.24) is 0 Å². The molecule has 2 rings (SSSR count). The lowest BCUT2D eigenvalue weighted by Gasteiger charge is -2.16. The van der Waals surface area contributed by atoms with Gasteiger partial charge in [-0.1, -0.05) is 23.7 Å². The molecule has 7 heteroatoms. The smallest absolute Gasteiger partial charge is 0.390 e. The van der Waals surface area contributed by atoms with Gasteiger partial charge in [0.05, 0.1) is 17.9 Å². The average Bonchev–Trinajstić information content (AvgIpc) is 2.52. The summed E-state index contributed by atoms with van der Waals surface area (Å²) in [5.41, 5.74) is 1.20. The van der Waals surface area contributed by atoms with E-state index in [2.05, 4.69) is 5.32 Å². The fourth-order valence-electron chi connectivity index (χ4n) is 2.26. The Bertz CT molecular complexity index is 760. The number of nitrogens with one attached hydrogen (secondary N) is 2. The molecule has 0 saturated heterocycles. The van der Waals surface area contributed by atoms with Crippen molar-refractivity contribution in [1.29, 1.82) is 5.41 Å². The standard InChI is InChI=1S/C17H16ClF3N2O/c1-10-6-13(18)4-2-11(10)8-23-16-7-12(17(19,20)21)3-5-14(16)15(22)9-24/h2-7,22-24H,8-9H2,1H3. The molecule has 0 spiro atoms. The first-order chi connectivity index (χ1) is 11.2. The van der Waals surface area contributed by atoms with Crippen LogP contribution in [0.2, 0.25) is 5.02 Å². The molecule has 24 heavy (non-hydrogen) atoms. The summed E-state index contributed by atoms with van der Waals surface area (Å²) in [4.78, 5) is 0. The highest BCUT2D eigenvalue weighted by Gasteiger charge is 2.31. The molecule has 0 aliphatic carbocycles. The number of anilines is 1. The maximum Gasteiger partial charge on any atom is 0.416 e. The molecule has 3 nitrogen and oxygen atoms in total. The van der Waals surface area contributed by atoms with Crippen LogP contribution in [0.5, 0.6) is 0 Å². The summed E-state index contributed by atoms with van der Waals surface area (Å²) in [6.07, 6.45) is -4.48. The molecule has 0 aromatic heterocycles. The van der Waals surface area contributed by atoms with Crippen molar-refractivity contribution in [2.45, 2.75) is 19.6 Å². The Kier molecular flexibility index (Phi) is 5.51. The Morgan fingerprint density at radius 3 is 2.50 bits per heavy atom. The van der Waals surface area contributed by atoms with Crippen molar-refractivity contribution < 1.29 is 18.3 Å². The molecule has 0 fully saturated rings. The second-order valence-electron chi connectivity index (χ2n) is 5.32. The van der Waals surface area contributed by atoms with Gasteiger partial charge in [-0.2, -0.15) is 13.2 Å². The van der Waals surface area contributed by atoms with Crippen LogP contribution in [0.3, 0.4) is 0 Å². The van der Waals surface area contributed by atoms with Crippen LogP contribution in [0.4, 0.5) is 18.9 Å². The molecule has 0 radical (unpaired) electrons. The lowest BCUT2D eigenvalue weighted by molar-refractivity contribution is -0.137. The van der Waals surface area contributed by atoms with Gasteiger partial charge in [-0.3, -0.25) is 0 Å². The maximum absolute atomic E-state index is 12.9. The number of aliphatic hydroxyl groups is 1. The fourth-order valence-corrected chi connectivity index (χ4v) is 2.49. The van der Waals surface area contributed by atoms with E-state index in [9.17, 15) is 13.2 Å². The third-order valence-corrected chi connectivity index (χ3v) is 3.84. The molecule has 2 aromatic rings. The van der Waals surface area contributed by atoms with Crippen molar-refractivity contribution in [2.75, 3.05) is 11.9 Å². The minimum Gasteiger partial charge on any atom is -0.390 e. The molecular weight excluding hydrogens is 341 g/mol. The first kappa shape index (κ1) is 18.3. The molecule has 128 valence electrons. The van der Waals surface area contributed by atoms with E-state index in [-0.39, 0.29) is 23.5 Å². The van der Waals surface area contributed by atoms with Gasteiger partial charge in [0.2, 0.25) is 0 Å². The van der Waals surface area contributed by atoms with Crippen molar-refractivity contribution >= 4 is 23.0 Å². The van der Waals surface area contributed by atoms with E-state index in [1.807, 2.05) is 6.92 Å². The summed E-state index contributed by atoms with van der Waals surface area (Å²) < 4.78 is 38.7. The third-order valence-electron chi connectivity index (χ3n) is 3.60. The number of halogens is 4. The van der Waals surface area contributed by atoms with E-state index >= 15 is 0 Å². The molecule has 0 aliphatic rings. The Morgan fingerprint density at radius 1 is 1.21 bits per heavy atom. The van der Waals surface area contributed by atoms with E-state index in [1.54, 1.807) is 18.2 Å². The number of hydrogen-bond acceptors (Lipinski definition) is 3. The van der Waals surface area contributed by atoms with Gasteiger partial charge >= 0.3 is 6.18 Å². The summed E-state index contributed by atoms with van der Waals surface area (Å²) in [6.45, 7) is 1.57. The van der Waals surface area contributed by atoms with E-state index in [1.165, 1.54) is 6.07 Å². The van der Waals surface area contributed by atoms with Crippen LogP contribution in [-0.4, -0.2) is 17.4 Å². The van der Waals surface area contributed by atoms with Crippen LogP contribution in [-0.2, 0) is 12.7 Å². The zero-order valence-corrected chi connectivity index (χ0v) is 13.6. The van der Waals surface area contributed by atoms with Crippen molar-refractivity contribution in [3.05, 3.63) is 63.7 Å². The highest BCUT2D eigenvalue weighted by Crippen LogP contribution is 2.32. The average molecular weight is 357 g/mol. The van der Waals surface area contributed by atoms with Gasteiger partial charge in [-0.25, -0.2) is 0 Å². The normalized spacial score (nSPS) is 11.4. The third kappa shape index (κ3) is 4.27. The fraction of sp³-hybridized carbons (Fsp3) is 0.235. The monoisotopic (exact) mass is 356 g/mol. The van der Waals surface area contributed by atoms with Gasteiger partial charge in [0.1, 0.15) is 0 Å². The van der Waals surface area contributed by atoms with Crippen LogP contribution in [0.1, 0.15) is 22.3 Å². The lowest BCUT2D eigenvalue weighted by Crippen LogP contribution is -2.13. The number of benzene rings is 2. The second-order valence-corrected chi connectivity index (χ2v) is 5.76. The topological polar surface area (TPSA) is 56.1 Å². The minimum atomic E-state index is -4.48. The van der Waals surface area contributed by atoms with Crippen molar-refractivity contribution in [3.8, 4) is 0 Å². The highest BCUT2D eigenvalue weighted by molar-refractivity contribution is 6.30. The second kappa shape index (κ2) is 7.23. The Balaban J connectivity index is 2.33. The van der Waals surface area contributed by atoms with Gasteiger partial charge in [-0.15, -0.1) is 0 Å². The van der Waals surface area contributed by atoms with E-state index in [0.717, 1.165) is 23.3 Å².